The number of nitrogens with zero attached hydrogens (tertiary/aromatic N) is 3. The van der Waals surface area contributed by atoms with Gasteiger partial charge in [-0.3, -0.25) is 0 Å². The average molecular weight is 289 g/mol. The molecule has 1 N–H and O–H groups in total. The van der Waals surface area contributed by atoms with Crippen molar-refractivity contribution in [1.82, 2.24) is 19.9 Å². The lowest BCUT2D eigenvalue weighted by atomic mass is 10.1. The van der Waals surface area contributed by atoms with Crippen LogP contribution in [0.2, 0.25) is 0 Å². The van der Waals surface area contributed by atoms with Crippen LogP contribution in [0.15, 0.2) is 41.3 Å². The topological polar surface area (TPSA) is 54.5 Å². The summed E-state index contributed by atoms with van der Waals surface area (Å²) in [6, 6.07) is 8.20. The number of halogens is 1. The fourth-order valence-electron chi connectivity index (χ4n) is 1.69. The first-order valence-corrected chi connectivity index (χ1v) is 5.99. The molecule has 0 aliphatic carbocycles. The third kappa shape index (κ3) is 2.19. The number of hydrogen-bond donors (Lipinski definition) is 1. The number of aromatic nitrogens is 4. The van der Waals surface area contributed by atoms with Crippen molar-refractivity contribution in [1.29, 1.82) is 0 Å². The van der Waals surface area contributed by atoms with Gasteiger partial charge in [-0.1, -0.05) is 28.1 Å². The number of fused-ring (bicyclic) bond motifs is 1. The SMILES string of the molecule is Brc1ccc(Cc2nc3ncncc3[nH]2)cc1. The zero-order valence-electron chi connectivity index (χ0n) is 8.89. The zero-order chi connectivity index (χ0) is 11.7. The van der Waals surface area contributed by atoms with E-state index in [0.717, 1.165) is 22.2 Å². The quantitative estimate of drug-likeness (QED) is 0.789. The molecule has 4 nitrogen and oxygen atoms in total. The fraction of sp³-hybridized carbons (Fsp3) is 0.0833. The zero-order valence-corrected chi connectivity index (χ0v) is 10.5. The van der Waals surface area contributed by atoms with Crippen molar-refractivity contribution in [2.45, 2.75) is 6.42 Å². The van der Waals surface area contributed by atoms with Crippen molar-refractivity contribution >= 4 is 27.1 Å². The number of rotatable bonds is 2. The van der Waals surface area contributed by atoms with Crippen molar-refractivity contribution < 1.29 is 0 Å². The largest absolute Gasteiger partial charge is 0.339 e. The van der Waals surface area contributed by atoms with Crippen molar-refractivity contribution in [2.24, 2.45) is 0 Å². The number of hydrogen-bond acceptors (Lipinski definition) is 3. The van der Waals surface area contributed by atoms with E-state index < -0.39 is 0 Å². The first-order valence-electron chi connectivity index (χ1n) is 5.20. The lowest BCUT2D eigenvalue weighted by Gasteiger charge is -1.97. The second-order valence-electron chi connectivity index (χ2n) is 3.75. The van der Waals surface area contributed by atoms with Gasteiger partial charge in [0.25, 0.3) is 0 Å². The Bertz CT molecular complexity index is 612. The number of nitrogens with one attached hydrogen (secondary N) is 1. The maximum absolute atomic E-state index is 4.41. The molecule has 0 aliphatic heterocycles. The molecule has 2 aromatic heterocycles. The van der Waals surface area contributed by atoms with Crippen LogP contribution in [0, 0.1) is 0 Å². The Hall–Kier alpha value is -1.75. The van der Waals surface area contributed by atoms with Crippen LogP contribution in [0.4, 0.5) is 0 Å². The molecule has 3 aromatic rings. The van der Waals surface area contributed by atoms with E-state index >= 15 is 0 Å². The Balaban J connectivity index is 1.92. The highest BCUT2D eigenvalue weighted by Crippen LogP contribution is 2.14. The maximum atomic E-state index is 4.41. The standard InChI is InChI=1S/C12H9BrN4/c13-9-3-1-8(2-4-9)5-11-16-10-6-14-7-15-12(10)17-11/h1-4,6-7H,5H2,(H,14,15,16,17). The summed E-state index contributed by atoms with van der Waals surface area (Å²) in [5, 5.41) is 0. The molecule has 2 heterocycles. The Morgan fingerprint density at radius 1 is 1.18 bits per heavy atom. The average Bonchev–Trinajstić information content (AvgIpc) is 2.74. The maximum Gasteiger partial charge on any atom is 0.180 e. The third-order valence-corrected chi connectivity index (χ3v) is 3.02. The van der Waals surface area contributed by atoms with E-state index in [1.54, 1.807) is 6.20 Å². The molecular weight excluding hydrogens is 280 g/mol. The highest BCUT2D eigenvalue weighted by Gasteiger charge is 2.04. The van der Waals surface area contributed by atoms with Gasteiger partial charge in [-0.15, -0.1) is 0 Å². The van der Waals surface area contributed by atoms with E-state index in [2.05, 4.69) is 48.0 Å². The molecule has 1 aromatic carbocycles. The van der Waals surface area contributed by atoms with E-state index in [-0.39, 0.29) is 0 Å². The molecule has 0 radical (unpaired) electrons. The fourth-order valence-corrected chi connectivity index (χ4v) is 1.96. The molecule has 0 saturated carbocycles. The Morgan fingerprint density at radius 2 is 2.00 bits per heavy atom. The predicted molar refractivity (Wildman–Crippen MR) is 68.6 cm³/mol. The van der Waals surface area contributed by atoms with E-state index in [4.69, 9.17) is 0 Å². The van der Waals surface area contributed by atoms with Crippen LogP contribution in [0.1, 0.15) is 11.4 Å². The smallest absolute Gasteiger partial charge is 0.180 e. The highest BCUT2D eigenvalue weighted by molar-refractivity contribution is 9.10. The van der Waals surface area contributed by atoms with Crippen molar-refractivity contribution in [2.75, 3.05) is 0 Å². The van der Waals surface area contributed by atoms with Crippen molar-refractivity contribution in [3.8, 4) is 0 Å². The predicted octanol–water partition coefficient (Wildman–Crippen LogP) is 2.71. The van der Waals surface area contributed by atoms with Crippen LogP contribution in [0.3, 0.4) is 0 Å². The summed E-state index contributed by atoms with van der Waals surface area (Å²) in [6.45, 7) is 0. The van der Waals surface area contributed by atoms with Gasteiger partial charge in [0.05, 0.1) is 6.20 Å². The number of aromatic amines is 1. The Kier molecular flexibility index (Phi) is 2.60. The van der Waals surface area contributed by atoms with Gasteiger partial charge in [0, 0.05) is 10.9 Å². The molecule has 0 spiro atoms. The van der Waals surface area contributed by atoms with E-state index in [9.17, 15) is 0 Å². The number of benzene rings is 1. The summed E-state index contributed by atoms with van der Waals surface area (Å²) in [4.78, 5) is 15.7. The second-order valence-corrected chi connectivity index (χ2v) is 4.66. The molecule has 0 unspecified atom stereocenters. The highest BCUT2D eigenvalue weighted by atomic mass is 79.9. The van der Waals surface area contributed by atoms with Crippen molar-refractivity contribution in [3.05, 3.63) is 52.7 Å². The normalized spacial score (nSPS) is 10.9. The molecule has 5 heteroatoms. The van der Waals surface area contributed by atoms with Crippen LogP contribution in [0.25, 0.3) is 11.2 Å². The van der Waals surface area contributed by atoms with Gasteiger partial charge in [-0.2, -0.15) is 0 Å². The molecule has 0 amide bonds. The first kappa shape index (κ1) is 10.4. The van der Waals surface area contributed by atoms with Gasteiger partial charge in [0.15, 0.2) is 5.65 Å². The summed E-state index contributed by atoms with van der Waals surface area (Å²) in [7, 11) is 0. The van der Waals surface area contributed by atoms with E-state index in [1.807, 2.05) is 12.1 Å². The lowest BCUT2D eigenvalue weighted by Crippen LogP contribution is -1.89. The van der Waals surface area contributed by atoms with Gasteiger partial charge in [0.2, 0.25) is 0 Å². The first-order chi connectivity index (χ1) is 8.31. The van der Waals surface area contributed by atoms with Crippen LogP contribution >= 0.6 is 15.9 Å². The third-order valence-electron chi connectivity index (χ3n) is 2.50. The van der Waals surface area contributed by atoms with Gasteiger partial charge >= 0.3 is 0 Å². The number of H-pyrrole nitrogens is 1. The van der Waals surface area contributed by atoms with Crippen molar-refractivity contribution in [3.63, 3.8) is 0 Å². The van der Waals surface area contributed by atoms with Crippen LogP contribution in [-0.4, -0.2) is 19.9 Å². The molecule has 0 fully saturated rings. The number of imidazole rings is 1. The summed E-state index contributed by atoms with van der Waals surface area (Å²) in [6.07, 6.45) is 4.01. The molecule has 84 valence electrons. The minimum atomic E-state index is 0.715. The van der Waals surface area contributed by atoms with Gasteiger partial charge in [-0.05, 0) is 17.7 Å². The molecular formula is C12H9BrN4. The molecule has 3 rings (SSSR count). The van der Waals surface area contributed by atoms with Gasteiger partial charge < -0.3 is 4.98 Å². The molecule has 0 atom stereocenters. The van der Waals surface area contributed by atoms with Gasteiger partial charge in [-0.25, -0.2) is 15.0 Å². The molecule has 0 bridgehead atoms. The molecule has 17 heavy (non-hydrogen) atoms. The second kappa shape index (κ2) is 4.25. The van der Waals surface area contributed by atoms with Crippen LogP contribution in [0.5, 0.6) is 0 Å². The van der Waals surface area contributed by atoms with E-state index in [1.165, 1.54) is 11.9 Å². The molecule has 0 aliphatic rings. The Labute approximate surface area is 106 Å². The van der Waals surface area contributed by atoms with Crippen LogP contribution < -0.4 is 0 Å². The Morgan fingerprint density at radius 3 is 2.76 bits per heavy atom. The lowest BCUT2D eigenvalue weighted by molar-refractivity contribution is 1.03. The minimum Gasteiger partial charge on any atom is -0.339 e. The summed E-state index contributed by atoms with van der Waals surface area (Å²) in [5.41, 5.74) is 2.80. The molecule has 0 saturated heterocycles. The van der Waals surface area contributed by atoms with E-state index in [0.29, 0.717) is 5.65 Å². The summed E-state index contributed by atoms with van der Waals surface area (Å²) in [5.74, 6) is 0.905. The summed E-state index contributed by atoms with van der Waals surface area (Å²) >= 11 is 3.42. The van der Waals surface area contributed by atoms with Crippen LogP contribution in [-0.2, 0) is 6.42 Å². The summed E-state index contributed by atoms with van der Waals surface area (Å²) < 4.78 is 1.08. The minimum absolute atomic E-state index is 0.715. The monoisotopic (exact) mass is 288 g/mol. The van der Waals surface area contributed by atoms with Gasteiger partial charge in [0.1, 0.15) is 17.7 Å².